The summed E-state index contributed by atoms with van der Waals surface area (Å²) in [6.07, 6.45) is 5.47. The van der Waals surface area contributed by atoms with Gasteiger partial charge in [0.25, 0.3) is 0 Å². The van der Waals surface area contributed by atoms with E-state index in [4.69, 9.17) is 15.2 Å². The Morgan fingerprint density at radius 3 is 2.00 bits per heavy atom. The second-order valence-corrected chi connectivity index (χ2v) is 21.8. The molecule has 10 N–H and O–H groups in total. The average Bonchev–Trinajstić information content (AvgIpc) is 4.29. The summed E-state index contributed by atoms with van der Waals surface area (Å²) < 4.78 is 11.9. The SMILES string of the molecule is Cc1cccc2[nH]cc(C[C@H]3NC(=O)[C@H](CCc4ccccc4)NC(=O)[C@@H]4C[C@@H](OC(=O)NCCN)CN4C(=O)[C@H](CCc4cccnc4)NC(=O)[C@H](Cc4ccc(OCc5ccccc5)cc4)NC(=O)[C@H](CC4CCNCC4)NC3=O)c12. The maximum Gasteiger partial charge on any atom is 0.407 e. The summed E-state index contributed by atoms with van der Waals surface area (Å²) in [5.41, 5.74) is 11.5. The molecule has 0 radical (unpaired) electrons. The van der Waals surface area contributed by atoms with Crippen LogP contribution in [0.5, 0.6) is 5.75 Å². The van der Waals surface area contributed by atoms with Gasteiger partial charge in [0.15, 0.2) is 0 Å². The molecule has 5 heterocycles. The molecule has 3 aliphatic heterocycles. The highest BCUT2D eigenvalue weighted by Crippen LogP contribution is 2.27. The van der Waals surface area contributed by atoms with Crippen molar-refractivity contribution in [1.82, 2.24) is 52.1 Å². The second-order valence-electron chi connectivity index (χ2n) is 21.8. The van der Waals surface area contributed by atoms with Gasteiger partial charge in [-0.05, 0) is 129 Å². The molecule has 0 spiro atoms. The number of H-pyrrole nitrogens is 1. The van der Waals surface area contributed by atoms with Crippen molar-refractivity contribution in [2.24, 2.45) is 11.7 Å². The van der Waals surface area contributed by atoms with Crippen molar-refractivity contribution in [2.75, 3.05) is 32.7 Å². The molecule has 83 heavy (non-hydrogen) atoms. The molecule has 0 bridgehead atoms. The van der Waals surface area contributed by atoms with E-state index >= 15 is 28.8 Å². The number of rotatable bonds is 18. The van der Waals surface area contributed by atoms with Crippen LogP contribution in [0.3, 0.4) is 0 Å². The number of benzene rings is 4. The molecular weight excluding hydrogens is 1050 g/mol. The van der Waals surface area contributed by atoms with E-state index in [1.807, 2.05) is 91.9 Å². The fourth-order valence-electron chi connectivity index (χ4n) is 11.3. The zero-order valence-corrected chi connectivity index (χ0v) is 46.8. The minimum absolute atomic E-state index is 0.00384. The van der Waals surface area contributed by atoms with Gasteiger partial charge in [-0.15, -0.1) is 0 Å². The molecule has 6 aromatic rings. The Hall–Kier alpha value is -8.62. The van der Waals surface area contributed by atoms with Crippen LogP contribution in [-0.4, -0.2) is 131 Å². The Labute approximate surface area is 483 Å². The van der Waals surface area contributed by atoms with Gasteiger partial charge in [-0.2, -0.15) is 0 Å². The van der Waals surface area contributed by atoms with E-state index in [1.165, 1.54) is 4.90 Å². The fraction of sp³-hybridized carbons (Fsp3) is 0.397. The molecule has 0 aliphatic carbocycles. The first-order valence-electron chi connectivity index (χ1n) is 28.8. The van der Waals surface area contributed by atoms with Crippen LogP contribution in [0.4, 0.5) is 4.79 Å². The Morgan fingerprint density at radius 1 is 0.663 bits per heavy atom. The van der Waals surface area contributed by atoms with Gasteiger partial charge in [-0.25, -0.2) is 4.79 Å². The number of nitrogens with zero attached hydrogens (tertiary/aromatic N) is 2. The first kappa shape index (κ1) is 59.0. The third kappa shape index (κ3) is 16.3. The average molecular weight is 1130 g/mol. The summed E-state index contributed by atoms with van der Waals surface area (Å²) in [6, 6.07) is 28.1. The van der Waals surface area contributed by atoms with Gasteiger partial charge in [0, 0.05) is 61.8 Å². The predicted molar refractivity (Wildman–Crippen MR) is 312 cm³/mol. The number of pyridine rings is 1. The normalized spacial score (nSPS) is 22.2. The maximum atomic E-state index is 15.5. The van der Waals surface area contributed by atoms with Crippen molar-refractivity contribution in [2.45, 2.75) is 120 Å². The van der Waals surface area contributed by atoms with Crippen LogP contribution in [0.25, 0.3) is 10.9 Å². The van der Waals surface area contributed by atoms with E-state index in [2.05, 4.69) is 47.2 Å². The van der Waals surface area contributed by atoms with Gasteiger partial charge >= 0.3 is 6.09 Å². The number of aryl methyl sites for hydroxylation is 3. The first-order chi connectivity index (χ1) is 40.4. The number of carbonyl (C=O) groups is 7. The zero-order valence-electron chi connectivity index (χ0n) is 46.8. The summed E-state index contributed by atoms with van der Waals surface area (Å²) in [4.78, 5) is 113. The van der Waals surface area contributed by atoms with Crippen LogP contribution in [0, 0.1) is 12.8 Å². The molecule has 9 rings (SSSR count). The summed E-state index contributed by atoms with van der Waals surface area (Å²) in [5.74, 6) is -3.43. The molecular formula is C63H75N11O9. The lowest BCUT2D eigenvalue weighted by Gasteiger charge is -2.32. The number of piperidine rings is 1. The Bertz CT molecular complexity index is 3160. The molecule has 436 valence electrons. The molecule has 4 aromatic carbocycles. The molecule has 3 fully saturated rings. The van der Waals surface area contributed by atoms with Gasteiger partial charge < -0.3 is 62.3 Å². The summed E-state index contributed by atoms with van der Waals surface area (Å²) >= 11 is 0. The third-order valence-corrected chi connectivity index (χ3v) is 15.8. The zero-order chi connectivity index (χ0) is 58.1. The highest BCUT2D eigenvalue weighted by atomic mass is 16.6. The minimum Gasteiger partial charge on any atom is -0.489 e. The molecule has 20 heteroatoms. The number of amides is 7. The third-order valence-electron chi connectivity index (χ3n) is 15.8. The van der Waals surface area contributed by atoms with Crippen molar-refractivity contribution in [3.8, 4) is 5.75 Å². The van der Waals surface area contributed by atoms with Gasteiger partial charge in [0.1, 0.15) is 54.7 Å². The lowest BCUT2D eigenvalue weighted by atomic mass is 9.90. The van der Waals surface area contributed by atoms with Crippen molar-refractivity contribution in [1.29, 1.82) is 0 Å². The number of ether oxygens (including phenoxy) is 2. The standard InChI is InChI=1S/C63H75N11O9/c1-40-10-8-16-49-56(40)46(37-68-49)34-54-60(78)72-53(33-43-25-29-65-30-26-43)59(77)71-52(32-42-17-21-47(22-18-42)82-39-45-13-6-3-7-14-45)58(76)70-51(24-20-44-15-9-28-66-36-44)62(80)74-38-48(83-63(81)67-31-27-64)35-55(74)61(79)69-50(57(75)73-54)23-19-41-11-4-2-5-12-41/h2-18,21-22,28,36-37,43,48,50-55,65,68H,19-20,23-27,29-35,38-39,64H2,1H3,(H,67,81)(H,69,79)(H,70,76)(H,71,77)(H,72,78)(H,73,75)/t48-,50+,51+,52+,53+,54-,55+/m1/s1. The van der Waals surface area contributed by atoms with E-state index < -0.39 is 83.9 Å². The van der Waals surface area contributed by atoms with E-state index in [0.29, 0.717) is 37.4 Å². The molecule has 3 aliphatic rings. The van der Waals surface area contributed by atoms with Crippen LogP contribution in [0.1, 0.15) is 71.9 Å². The highest BCUT2D eigenvalue weighted by molar-refractivity contribution is 5.99. The lowest BCUT2D eigenvalue weighted by molar-refractivity contribution is -0.143. The Balaban J connectivity index is 1.11. The monoisotopic (exact) mass is 1130 g/mol. The minimum atomic E-state index is -1.31. The van der Waals surface area contributed by atoms with Crippen LogP contribution in [-0.2, 0) is 65.8 Å². The first-order valence-corrected chi connectivity index (χ1v) is 28.8. The number of aromatic nitrogens is 2. The molecule has 7 atom stereocenters. The van der Waals surface area contributed by atoms with Crippen molar-refractivity contribution in [3.63, 3.8) is 0 Å². The highest BCUT2D eigenvalue weighted by Gasteiger charge is 2.45. The number of nitrogens with two attached hydrogens (primary N) is 1. The van der Waals surface area contributed by atoms with Crippen LogP contribution < -0.4 is 47.7 Å². The van der Waals surface area contributed by atoms with Crippen molar-refractivity contribution < 1.29 is 43.0 Å². The summed E-state index contributed by atoms with van der Waals surface area (Å²) in [5, 5.41) is 21.8. The van der Waals surface area contributed by atoms with Crippen LogP contribution in [0.15, 0.2) is 134 Å². The fourth-order valence-corrected chi connectivity index (χ4v) is 11.3. The quantitative estimate of drug-likeness (QED) is 0.0591. The number of aromatic amines is 1. The van der Waals surface area contributed by atoms with Crippen molar-refractivity contribution >= 4 is 52.4 Å². The smallest absolute Gasteiger partial charge is 0.407 e. The molecule has 0 unspecified atom stereocenters. The maximum absolute atomic E-state index is 15.5. The van der Waals surface area contributed by atoms with E-state index in [9.17, 15) is 4.79 Å². The molecule has 0 saturated carbocycles. The largest absolute Gasteiger partial charge is 0.489 e. The number of hydrogen-bond donors (Lipinski definition) is 9. The van der Waals surface area contributed by atoms with Crippen molar-refractivity contribution in [3.05, 3.63) is 167 Å². The van der Waals surface area contributed by atoms with E-state index in [0.717, 1.165) is 51.6 Å². The van der Waals surface area contributed by atoms with Crippen LogP contribution >= 0.6 is 0 Å². The Morgan fingerprint density at radius 2 is 1.29 bits per heavy atom. The van der Waals surface area contributed by atoms with Gasteiger partial charge in [0.05, 0.1) is 6.54 Å². The summed E-state index contributed by atoms with van der Waals surface area (Å²) in [7, 11) is 0. The van der Waals surface area contributed by atoms with Crippen LogP contribution in [0.2, 0.25) is 0 Å². The number of alkyl carbamates (subject to hydrolysis) is 1. The molecule has 3 saturated heterocycles. The van der Waals surface area contributed by atoms with Gasteiger partial charge in [-0.1, -0.05) is 91.0 Å². The number of fused-ring (bicyclic) bond motifs is 2. The number of hydrogen-bond acceptors (Lipinski definition) is 12. The van der Waals surface area contributed by atoms with Gasteiger partial charge in [0.2, 0.25) is 35.4 Å². The van der Waals surface area contributed by atoms with E-state index in [1.54, 1.807) is 48.9 Å². The number of carbonyl (C=O) groups excluding carboxylic acids is 7. The lowest BCUT2D eigenvalue weighted by Crippen LogP contribution is -2.62. The van der Waals surface area contributed by atoms with E-state index in [-0.39, 0.29) is 70.5 Å². The molecule has 7 amide bonds. The topological polar surface area (TPSA) is 280 Å². The number of nitrogens with one attached hydrogen (secondary N) is 8. The van der Waals surface area contributed by atoms with Gasteiger partial charge in [-0.3, -0.25) is 33.8 Å². The molecule has 2 aromatic heterocycles. The summed E-state index contributed by atoms with van der Waals surface area (Å²) in [6.45, 7) is 3.71. The Kier molecular flexibility index (Phi) is 20.5. The molecule has 20 nitrogen and oxygen atoms in total. The predicted octanol–water partition coefficient (Wildman–Crippen LogP) is 3.98. The second kappa shape index (κ2) is 28.9.